The molecule has 1 aliphatic rings. The molecule has 0 bridgehead atoms. The zero-order valence-corrected chi connectivity index (χ0v) is 15.7. The van der Waals surface area contributed by atoms with Crippen molar-refractivity contribution < 1.29 is 14.1 Å². The Labute approximate surface area is 158 Å². The molecule has 1 aromatic heterocycles. The number of rotatable bonds is 8. The number of carbonyl (C=O) groups is 1. The summed E-state index contributed by atoms with van der Waals surface area (Å²) in [6.45, 7) is 1.30. The lowest BCUT2D eigenvalue weighted by Gasteiger charge is -2.21. The van der Waals surface area contributed by atoms with Gasteiger partial charge in [-0.15, -0.1) is 0 Å². The van der Waals surface area contributed by atoms with Crippen molar-refractivity contribution in [3.05, 3.63) is 46.6 Å². The van der Waals surface area contributed by atoms with Crippen LogP contribution < -0.4 is 0 Å². The maximum absolute atomic E-state index is 12.6. The summed E-state index contributed by atoms with van der Waals surface area (Å²) in [7, 11) is 1.64. The van der Waals surface area contributed by atoms with Gasteiger partial charge in [0.05, 0.1) is 6.61 Å². The third kappa shape index (κ3) is 4.83. The molecular formula is C19H24ClN3O3. The summed E-state index contributed by atoms with van der Waals surface area (Å²) in [6.07, 6.45) is 4.64. The maximum atomic E-state index is 12.6. The highest BCUT2D eigenvalue weighted by molar-refractivity contribution is 6.30. The zero-order chi connectivity index (χ0) is 18.4. The van der Waals surface area contributed by atoms with Crippen molar-refractivity contribution in [1.82, 2.24) is 15.0 Å². The molecule has 7 heteroatoms. The van der Waals surface area contributed by atoms with Crippen LogP contribution in [0.15, 0.2) is 28.8 Å². The fraction of sp³-hybridized carbons (Fsp3) is 0.526. The van der Waals surface area contributed by atoms with Crippen molar-refractivity contribution in [2.75, 3.05) is 20.3 Å². The van der Waals surface area contributed by atoms with Crippen LogP contribution in [0.3, 0.4) is 0 Å². The fourth-order valence-electron chi connectivity index (χ4n) is 3.26. The van der Waals surface area contributed by atoms with Gasteiger partial charge in [0.1, 0.15) is 6.04 Å². The average molecular weight is 378 g/mol. The van der Waals surface area contributed by atoms with Gasteiger partial charge in [-0.3, -0.25) is 4.79 Å². The predicted molar refractivity (Wildman–Crippen MR) is 98.0 cm³/mol. The van der Waals surface area contributed by atoms with Crippen molar-refractivity contribution in [2.45, 2.75) is 44.6 Å². The third-order valence-corrected chi connectivity index (χ3v) is 4.89. The van der Waals surface area contributed by atoms with Crippen LogP contribution in [0.2, 0.25) is 5.02 Å². The molecule has 3 rings (SSSR count). The summed E-state index contributed by atoms with van der Waals surface area (Å²) in [5.41, 5.74) is 1.19. The molecular weight excluding hydrogens is 354 g/mol. The molecule has 0 spiro atoms. The van der Waals surface area contributed by atoms with E-state index in [-0.39, 0.29) is 11.9 Å². The number of hydrogen-bond donors (Lipinski definition) is 0. The van der Waals surface area contributed by atoms with Crippen LogP contribution in [0.1, 0.15) is 49.0 Å². The van der Waals surface area contributed by atoms with Crippen molar-refractivity contribution in [3.8, 4) is 0 Å². The van der Waals surface area contributed by atoms with Gasteiger partial charge in [-0.25, -0.2) is 0 Å². The van der Waals surface area contributed by atoms with Crippen molar-refractivity contribution in [1.29, 1.82) is 0 Å². The number of ether oxygens (including phenoxy) is 1. The summed E-state index contributed by atoms with van der Waals surface area (Å²) in [6, 6.07) is 7.68. The number of benzene rings is 1. The fourth-order valence-corrected chi connectivity index (χ4v) is 3.38. The summed E-state index contributed by atoms with van der Waals surface area (Å²) in [5.74, 6) is 1.32. The monoisotopic (exact) mass is 377 g/mol. The van der Waals surface area contributed by atoms with Gasteiger partial charge in [0.2, 0.25) is 11.8 Å². The molecule has 140 valence electrons. The Hall–Kier alpha value is -1.92. The minimum Gasteiger partial charge on any atom is -0.384 e. The van der Waals surface area contributed by atoms with E-state index in [2.05, 4.69) is 10.1 Å². The quantitative estimate of drug-likeness (QED) is 0.703. The minimum atomic E-state index is -0.0955. The van der Waals surface area contributed by atoms with Crippen LogP contribution in [-0.2, 0) is 22.4 Å². The third-order valence-electron chi connectivity index (χ3n) is 4.64. The van der Waals surface area contributed by atoms with Gasteiger partial charge in [0.25, 0.3) is 0 Å². The number of nitrogens with zero attached hydrogens (tertiary/aromatic N) is 3. The number of aryl methyl sites for hydroxylation is 1. The molecule has 2 heterocycles. The van der Waals surface area contributed by atoms with Crippen LogP contribution in [-0.4, -0.2) is 41.2 Å². The van der Waals surface area contributed by atoms with Gasteiger partial charge in [-0.05, 0) is 43.4 Å². The predicted octanol–water partition coefficient (Wildman–Crippen LogP) is 3.60. The van der Waals surface area contributed by atoms with Crippen LogP contribution in [0.25, 0.3) is 0 Å². The number of hydrogen-bond acceptors (Lipinski definition) is 5. The van der Waals surface area contributed by atoms with Gasteiger partial charge >= 0.3 is 0 Å². The number of halogens is 1. The van der Waals surface area contributed by atoms with Crippen LogP contribution in [0, 0.1) is 0 Å². The van der Waals surface area contributed by atoms with E-state index >= 15 is 0 Å². The van der Waals surface area contributed by atoms with E-state index in [4.69, 9.17) is 20.9 Å². The molecule has 0 radical (unpaired) electrons. The Kier molecular flexibility index (Phi) is 6.63. The first kappa shape index (κ1) is 18.9. The number of aromatic nitrogens is 2. The molecule has 1 saturated heterocycles. The molecule has 2 aromatic rings. The van der Waals surface area contributed by atoms with Gasteiger partial charge in [-0.2, -0.15) is 4.98 Å². The number of amides is 1. The molecule has 1 atom stereocenters. The molecule has 0 N–H and O–H groups in total. The number of carbonyl (C=O) groups excluding carboxylic acids is 1. The van der Waals surface area contributed by atoms with Gasteiger partial charge in [0, 0.05) is 31.5 Å². The first-order chi connectivity index (χ1) is 12.7. The van der Waals surface area contributed by atoms with E-state index in [0.717, 1.165) is 37.3 Å². The van der Waals surface area contributed by atoms with Crippen LogP contribution in [0.4, 0.5) is 0 Å². The van der Waals surface area contributed by atoms with Crippen molar-refractivity contribution >= 4 is 17.5 Å². The maximum Gasteiger partial charge on any atom is 0.249 e. The molecule has 1 amide bonds. The minimum absolute atomic E-state index is 0.0955. The van der Waals surface area contributed by atoms with Crippen LogP contribution in [0.5, 0.6) is 0 Å². The van der Waals surface area contributed by atoms with Crippen molar-refractivity contribution in [3.63, 3.8) is 0 Å². The van der Waals surface area contributed by atoms with E-state index in [1.54, 1.807) is 7.11 Å². The average Bonchev–Trinajstić information content (AvgIpc) is 3.30. The Morgan fingerprint density at radius 2 is 2.15 bits per heavy atom. The molecule has 1 aromatic carbocycles. The summed E-state index contributed by atoms with van der Waals surface area (Å²) >= 11 is 5.90. The summed E-state index contributed by atoms with van der Waals surface area (Å²) in [5, 5.41) is 4.72. The van der Waals surface area contributed by atoms with E-state index in [9.17, 15) is 4.79 Å². The molecule has 0 saturated carbocycles. The Morgan fingerprint density at radius 3 is 2.92 bits per heavy atom. The molecule has 0 aliphatic carbocycles. The Bertz CT molecular complexity index is 717. The highest BCUT2D eigenvalue weighted by Gasteiger charge is 2.33. The van der Waals surface area contributed by atoms with Crippen LogP contribution >= 0.6 is 11.6 Å². The highest BCUT2D eigenvalue weighted by atomic mass is 35.5. The highest BCUT2D eigenvalue weighted by Crippen LogP contribution is 2.31. The lowest BCUT2D eigenvalue weighted by atomic mass is 10.1. The van der Waals surface area contributed by atoms with E-state index < -0.39 is 0 Å². The molecule has 0 unspecified atom stereocenters. The summed E-state index contributed by atoms with van der Waals surface area (Å²) < 4.78 is 10.4. The standard InChI is InChI=1S/C19H24ClN3O3/c1-25-13-11-17-21-19(26-22-17)16-5-3-12-23(16)18(24)6-2-4-14-7-9-15(20)10-8-14/h7-10,16H,2-6,11-13H2,1H3/t16-/m0/s1. The number of likely N-dealkylation sites (tertiary alicyclic amines) is 1. The summed E-state index contributed by atoms with van der Waals surface area (Å²) in [4.78, 5) is 19.0. The smallest absolute Gasteiger partial charge is 0.249 e. The van der Waals surface area contributed by atoms with Gasteiger partial charge in [0.15, 0.2) is 5.82 Å². The lowest BCUT2D eigenvalue weighted by Crippen LogP contribution is -2.30. The van der Waals surface area contributed by atoms with Gasteiger partial charge < -0.3 is 14.2 Å². The second-order valence-corrected chi connectivity index (χ2v) is 6.95. The second-order valence-electron chi connectivity index (χ2n) is 6.52. The Morgan fingerprint density at radius 1 is 1.35 bits per heavy atom. The lowest BCUT2D eigenvalue weighted by molar-refractivity contribution is -0.132. The molecule has 1 fully saturated rings. The first-order valence-electron chi connectivity index (χ1n) is 9.02. The first-order valence-corrected chi connectivity index (χ1v) is 9.40. The molecule has 26 heavy (non-hydrogen) atoms. The normalized spacial score (nSPS) is 17.0. The second kappa shape index (κ2) is 9.14. The molecule has 1 aliphatic heterocycles. The SMILES string of the molecule is COCCc1noc([C@@H]2CCCN2C(=O)CCCc2ccc(Cl)cc2)n1. The number of methoxy groups -OCH3 is 1. The van der Waals surface area contributed by atoms with Crippen molar-refractivity contribution in [2.24, 2.45) is 0 Å². The van der Waals surface area contributed by atoms with E-state index in [1.165, 1.54) is 5.56 Å². The van der Waals surface area contributed by atoms with E-state index in [1.807, 2.05) is 29.2 Å². The van der Waals surface area contributed by atoms with Gasteiger partial charge in [-0.1, -0.05) is 28.9 Å². The molecule has 6 nitrogen and oxygen atoms in total. The topological polar surface area (TPSA) is 68.5 Å². The largest absolute Gasteiger partial charge is 0.384 e. The van der Waals surface area contributed by atoms with E-state index in [0.29, 0.717) is 31.2 Å². The zero-order valence-electron chi connectivity index (χ0n) is 15.0. The Balaban J connectivity index is 1.52.